The SMILES string of the molecule is C[C@@H]1Cc2ccccc2N1C(=O)c1ccc(NS(=O)(=O)c2cccs2)cc1. The maximum Gasteiger partial charge on any atom is 0.271 e. The van der Waals surface area contributed by atoms with E-state index in [2.05, 4.69) is 4.72 Å². The van der Waals surface area contributed by atoms with E-state index < -0.39 is 10.0 Å². The lowest BCUT2D eigenvalue weighted by Gasteiger charge is -2.23. The zero-order valence-electron chi connectivity index (χ0n) is 14.6. The summed E-state index contributed by atoms with van der Waals surface area (Å²) in [5.74, 6) is -0.0832. The number of nitrogens with zero attached hydrogens (tertiary/aromatic N) is 1. The predicted octanol–water partition coefficient (Wildman–Crippen LogP) is 4.14. The molecule has 0 fully saturated rings. The average Bonchev–Trinajstić information content (AvgIpc) is 3.29. The van der Waals surface area contributed by atoms with Crippen LogP contribution in [0.15, 0.2) is 70.3 Å². The number of thiophene rings is 1. The zero-order valence-corrected chi connectivity index (χ0v) is 16.3. The normalized spacial score (nSPS) is 16.2. The summed E-state index contributed by atoms with van der Waals surface area (Å²) in [6.45, 7) is 2.03. The molecular weight excluding hydrogens is 380 g/mol. The van der Waals surface area contributed by atoms with E-state index in [4.69, 9.17) is 0 Å². The molecule has 1 atom stereocenters. The van der Waals surface area contributed by atoms with Gasteiger partial charge in [0.05, 0.1) is 0 Å². The van der Waals surface area contributed by atoms with Gasteiger partial charge in [-0.15, -0.1) is 11.3 Å². The van der Waals surface area contributed by atoms with Crippen LogP contribution in [0.2, 0.25) is 0 Å². The second kappa shape index (κ2) is 6.83. The van der Waals surface area contributed by atoms with Gasteiger partial charge in [0.1, 0.15) is 4.21 Å². The summed E-state index contributed by atoms with van der Waals surface area (Å²) in [5, 5.41) is 1.71. The summed E-state index contributed by atoms with van der Waals surface area (Å²) in [6.07, 6.45) is 0.834. The fourth-order valence-electron chi connectivity index (χ4n) is 3.32. The molecule has 0 saturated heterocycles. The van der Waals surface area contributed by atoms with E-state index in [0.29, 0.717) is 11.3 Å². The van der Waals surface area contributed by atoms with E-state index in [1.54, 1.807) is 46.7 Å². The van der Waals surface area contributed by atoms with Crippen molar-refractivity contribution in [1.82, 2.24) is 0 Å². The van der Waals surface area contributed by atoms with Crippen molar-refractivity contribution in [3.8, 4) is 0 Å². The lowest BCUT2D eigenvalue weighted by molar-refractivity contribution is 0.0981. The molecule has 0 aliphatic carbocycles. The van der Waals surface area contributed by atoms with E-state index in [-0.39, 0.29) is 16.2 Å². The first-order chi connectivity index (χ1) is 13.0. The van der Waals surface area contributed by atoms with Crippen LogP contribution in [0.4, 0.5) is 11.4 Å². The van der Waals surface area contributed by atoms with E-state index in [1.165, 1.54) is 5.56 Å². The van der Waals surface area contributed by atoms with Gasteiger partial charge >= 0.3 is 0 Å². The van der Waals surface area contributed by atoms with E-state index >= 15 is 0 Å². The van der Waals surface area contributed by atoms with Crippen LogP contribution in [-0.2, 0) is 16.4 Å². The summed E-state index contributed by atoms with van der Waals surface area (Å²) in [5.41, 5.74) is 3.06. The molecule has 0 saturated carbocycles. The Balaban J connectivity index is 1.55. The molecule has 0 spiro atoms. The molecule has 1 amide bonds. The van der Waals surface area contributed by atoms with Gasteiger partial charge in [0.25, 0.3) is 15.9 Å². The van der Waals surface area contributed by atoms with Crippen LogP contribution in [-0.4, -0.2) is 20.4 Å². The number of benzene rings is 2. The molecule has 138 valence electrons. The van der Waals surface area contributed by atoms with Crippen LogP contribution in [0, 0.1) is 0 Å². The minimum Gasteiger partial charge on any atom is -0.305 e. The lowest BCUT2D eigenvalue weighted by Crippen LogP contribution is -2.35. The highest BCUT2D eigenvalue weighted by Crippen LogP contribution is 2.33. The number of hydrogen-bond donors (Lipinski definition) is 1. The zero-order chi connectivity index (χ0) is 19.0. The third-order valence-electron chi connectivity index (χ3n) is 4.57. The molecular formula is C20H18N2O3S2. The Labute approximate surface area is 162 Å². The van der Waals surface area contributed by atoms with Gasteiger partial charge in [-0.05, 0) is 60.7 Å². The maximum absolute atomic E-state index is 13.0. The van der Waals surface area contributed by atoms with Crippen LogP contribution in [0.1, 0.15) is 22.8 Å². The third-order valence-corrected chi connectivity index (χ3v) is 7.35. The van der Waals surface area contributed by atoms with E-state index in [0.717, 1.165) is 23.4 Å². The highest BCUT2D eigenvalue weighted by Gasteiger charge is 2.31. The van der Waals surface area contributed by atoms with Gasteiger partial charge in [-0.25, -0.2) is 8.42 Å². The Morgan fingerprint density at radius 1 is 1.07 bits per heavy atom. The summed E-state index contributed by atoms with van der Waals surface area (Å²) in [6, 6.07) is 17.8. The minimum atomic E-state index is -3.59. The monoisotopic (exact) mass is 398 g/mol. The fraction of sp³-hybridized carbons (Fsp3) is 0.150. The second-order valence-electron chi connectivity index (χ2n) is 6.47. The molecule has 2 aromatic carbocycles. The average molecular weight is 399 g/mol. The molecule has 7 heteroatoms. The Hall–Kier alpha value is -2.64. The summed E-state index contributed by atoms with van der Waals surface area (Å²) in [4.78, 5) is 14.8. The van der Waals surface area contributed by atoms with Gasteiger partial charge in [-0.1, -0.05) is 24.3 Å². The van der Waals surface area contributed by atoms with Crippen molar-refractivity contribution >= 4 is 38.6 Å². The molecule has 4 rings (SSSR count). The summed E-state index contributed by atoms with van der Waals surface area (Å²) < 4.78 is 27.4. The number of rotatable bonds is 4. The minimum absolute atomic E-state index is 0.0832. The number of sulfonamides is 1. The van der Waals surface area contributed by atoms with Crippen LogP contribution in [0.25, 0.3) is 0 Å². The first kappa shape index (κ1) is 17.8. The number of para-hydroxylation sites is 1. The Bertz CT molecular complexity index is 1070. The van der Waals surface area contributed by atoms with Crippen LogP contribution < -0.4 is 9.62 Å². The highest BCUT2D eigenvalue weighted by molar-refractivity contribution is 7.94. The number of carbonyl (C=O) groups excluding carboxylic acids is 1. The first-order valence-electron chi connectivity index (χ1n) is 8.53. The molecule has 0 bridgehead atoms. The Morgan fingerprint density at radius 3 is 2.52 bits per heavy atom. The van der Waals surface area contributed by atoms with Crippen LogP contribution >= 0.6 is 11.3 Å². The van der Waals surface area contributed by atoms with Crippen molar-refractivity contribution in [3.05, 3.63) is 77.2 Å². The molecule has 3 aromatic rings. The molecule has 1 N–H and O–H groups in total. The van der Waals surface area contributed by atoms with Gasteiger partial charge in [-0.3, -0.25) is 9.52 Å². The second-order valence-corrected chi connectivity index (χ2v) is 9.33. The molecule has 2 heterocycles. The third kappa shape index (κ3) is 3.36. The van der Waals surface area contributed by atoms with Crippen LogP contribution in [0.3, 0.4) is 0 Å². The predicted molar refractivity (Wildman–Crippen MR) is 108 cm³/mol. The van der Waals surface area contributed by atoms with Crippen molar-refractivity contribution in [2.24, 2.45) is 0 Å². The molecule has 1 aliphatic rings. The van der Waals surface area contributed by atoms with Gasteiger partial charge in [0.2, 0.25) is 0 Å². The Kier molecular flexibility index (Phi) is 4.49. The smallest absolute Gasteiger partial charge is 0.271 e. The van der Waals surface area contributed by atoms with Crippen molar-refractivity contribution in [2.45, 2.75) is 23.6 Å². The Morgan fingerprint density at radius 2 is 1.81 bits per heavy atom. The molecule has 0 unspecified atom stereocenters. The van der Waals surface area contributed by atoms with Crippen molar-refractivity contribution < 1.29 is 13.2 Å². The summed E-state index contributed by atoms with van der Waals surface area (Å²) >= 11 is 1.16. The highest BCUT2D eigenvalue weighted by atomic mass is 32.2. The van der Waals surface area contributed by atoms with Crippen LogP contribution in [0.5, 0.6) is 0 Å². The molecule has 1 aromatic heterocycles. The quantitative estimate of drug-likeness (QED) is 0.718. The number of hydrogen-bond acceptors (Lipinski definition) is 4. The molecule has 5 nitrogen and oxygen atoms in total. The lowest BCUT2D eigenvalue weighted by atomic mass is 10.1. The first-order valence-corrected chi connectivity index (χ1v) is 10.9. The van der Waals surface area contributed by atoms with Gasteiger partial charge in [0, 0.05) is 23.0 Å². The number of anilines is 2. The maximum atomic E-state index is 13.0. The van der Waals surface area contributed by atoms with Gasteiger partial charge in [0.15, 0.2) is 0 Å². The summed E-state index contributed by atoms with van der Waals surface area (Å²) in [7, 11) is -3.59. The van der Waals surface area contributed by atoms with Gasteiger partial charge < -0.3 is 4.90 Å². The topological polar surface area (TPSA) is 66.5 Å². The molecule has 0 radical (unpaired) electrons. The largest absolute Gasteiger partial charge is 0.305 e. The van der Waals surface area contributed by atoms with E-state index in [1.807, 2.05) is 31.2 Å². The fourth-order valence-corrected chi connectivity index (χ4v) is 5.37. The van der Waals surface area contributed by atoms with Crippen molar-refractivity contribution in [2.75, 3.05) is 9.62 Å². The molecule has 1 aliphatic heterocycles. The number of amides is 1. The number of nitrogens with one attached hydrogen (secondary N) is 1. The number of fused-ring (bicyclic) bond motifs is 1. The van der Waals surface area contributed by atoms with Gasteiger partial charge in [-0.2, -0.15) is 0 Å². The van der Waals surface area contributed by atoms with Crippen molar-refractivity contribution in [3.63, 3.8) is 0 Å². The van der Waals surface area contributed by atoms with E-state index in [9.17, 15) is 13.2 Å². The number of carbonyl (C=O) groups is 1. The molecule has 27 heavy (non-hydrogen) atoms. The standard InChI is InChI=1S/C20H18N2O3S2/c1-14-13-16-5-2-3-6-18(16)22(14)20(23)15-8-10-17(11-9-15)21-27(24,25)19-7-4-12-26-19/h2-12,14,21H,13H2,1H3/t14-/m1/s1. The van der Waals surface area contributed by atoms with Crippen molar-refractivity contribution in [1.29, 1.82) is 0 Å².